The summed E-state index contributed by atoms with van der Waals surface area (Å²) in [5.41, 5.74) is 5.09. The lowest BCUT2D eigenvalue weighted by Gasteiger charge is -2.49. The molecule has 3 aromatic carbocycles. The minimum absolute atomic E-state index is 0.0575. The Morgan fingerprint density at radius 2 is 1.46 bits per heavy atom. The highest BCUT2D eigenvalue weighted by atomic mass is 35.5. The monoisotopic (exact) mass is 788 g/mol. The highest BCUT2D eigenvalue weighted by molar-refractivity contribution is 6.33. The molecule has 0 radical (unpaired) electrons. The molecule has 9 rings (SSSR count). The fraction of sp³-hybridized carbons (Fsp3) is 0.442. The van der Waals surface area contributed by atoms with Gasteiger partial charge < -0.3 is 19.6 Å². The molecule has 2 atom stereocenters. The van der Waals surface area contributed by atoms with Crippen molar-refractivity contribution in [2.24, 2.45) is 5.41 Å². The van der Waals surface area contributed by atoms with E-state index in [9.17, 15) is 24.0 Å². The van der Waals surface area contributed by atoms with Crippen LogP contribution in [0, 0.1) is 12.0 Å². The van der Waals surface area contributed by atoms with Crippen molar-refractivity contribution in [2.75, 3.05) is 73.6 Å². The quantitative estimate of drug-likeness (QED) is 0.277. The van der Waals surface area contributed by atoms with Crippen LogP contribution in [0.2, 0.25) is 5.02 Å². The lowest BCUT2D eigenvalue weighted by Crippen LogP contribution is -2.63. The predicted octanol–water partition coefficient (Wildman–Crippen LogP) is 4.82. The van der Waals surface area contributed by atoms with E-state index in [1.54, 1.807) is 12.1 Å². The molecule has 13 nitrogen and oxygen atoms in total. The minimum Gasteiger partial charge on any atom is -0.371 e. The van der Waals surface area contributed by atoms with Crippen LogP contribution in [0.25, 0.3) is 4.85 Å². The number of fused-ring (bicyclic) bond motifs is 1. The van der Waals surface area contributed by atoms with Crippen molar-refractivity contribution in [2.45, 2.75) is 57.2 Å². The summed E-state index contributed by atoms with van der Waals surface area (Å²) in [6, 6.07) is 18.8. The molecule has 1 spiro atoms. The average Bonchev–Trinajstić information content (AvgIpc) is 3.65. The van der Waals surface area contributed by atoms with Crippen LogP contribution in [0.5, 0.6) is 0 Å². The van der Waals surface area contributed by atoms with E-state index < -0.39 is 29.7 Å². The van der Waals surface area contributed by atoms with E-state index in [2.05, 4.69) is 48.8 Å². The van der Waals surface area contributed by atoms with Crippen LogP contribution in [0.3, 0.4) is 0 Å². The number of hydrogen-bond acceptors (Lipinski definition) is 9. The zero-order chi connectivity index (χ0) is 39.6. The average molecular weight is 789 g/mol. The number of nitrogens with one attached hydrogen (secondary N) is 1. The summed E-state index contributed by atoms with van der Waals surface area (Å²) >= 11 is 6.38. The Labute approximate surface area is 336 Å². The fourth-order valence-electron chi connectivity index (χ4n) is 9.91. The second-order valence-electron chi connectivity index (χ2n) is 16.3. The third kappa shape index (κ3) is 6.48. The zero-order valence-corrected chi connectivity index (χ0v) is 32.7. The van der Waals surface area contributed by atoms with Crippen molar-refractivity contribution >= 4 is 63.9 Å². The van der Waals surface area contributed by atoms with Crippen molar-refractivity contribution in [3.8, 4) is 0 Å². The van der Waals surface area contributed by atoms with E-state index in [4.69, 9.17) is 18.2 Å². The van der Waals surface area contributed by atoms with Gasteiger partial charge in [0, 0.05) is 105 Å². The molecular weight excluding hydrogens is 744 g/mol. The number of halogens is 1. The Morgan fingerprint density at radius 1 is 0.789 bits per heavy atom. The topological polar surface area (TPSA) is 121 Å². The number of amides is 5. The zero-order valence-electron chi connectivity index (χ0n) is 32.0. The third-order valence-electron chi connectivity index (χ3n) is 13.6. The standard InChI is InChI=1S/C43H45ClN8O5/c1-27-43(15-18-51(27)31-8-10-36(45-2)35(44)24-31)13-16-47(17-14-43)29-5-3-28(4-6-29)40(55)49-21-19-48(20-22-49)32-25-50(26-32)30-7-9-33-34(23-30)42(57)52(41(33)56)37-11-12-38(53)46-39(37)54/h3-10,23-24,27,32,37H,11-22,25-26H2,1H3,(H,46,53,54)/t27-,37?/m0/s1. The lowest BCUT2D eigenvalue weighted by molar-refractivity contribution is -0.136. The summed E-state index contributed by atoms with van der Waals surface area (Å²) < 4.78 is 0. The molecule has 57 heavy (non-hydrogen) atoms. The third-order valence-corrected chi connectivity index (χ3v) is 13.9. The number of piperazine rings is 1. The predicted molar refractivity (Wildman–Crippen MR) is 216 cm³/mol. The summed E-state index contributed by atoms with van der Waals surface area (Å²) in [7, 11) is 0. The lowest BCUT2D eigenvalue weighted by atomic mass is 9.73. The molecular formula is C43H45ClN8O5. The fourth-order valence-corrected chi connectivity index (χ4v) is 10.1. The highest BCUT2D eigenvalue weighted by Crippen LogP contribution is 2.48. The largest absolute Gasteiger partial charge is 0.371 e. The van der Waals surface area contributed by atoms with Gasteiger partial charge in [-0.05, 0) is 92.6 Å². The maximum absolute atomic E-state index is 13.6. The van der Waals surface area contributed by atoms with Crippen LogP contribution >= 0.6 is 11.6 Å². The van der Waals surface area contributed by atoms with Crippen LogP contribution in [0.1, 0.15) is 70.1 Å². The SMILES string of the molecule is [C-]#[N+]c1ccc(N2CCC3(CCN(c4ccc(C(=O)N5CCN(C6CN(c7ccc8c(c7)C(=O)N(C7CCC(=O)NC7=O)C8=O)C6)CC5)cc4)CC3)[C@@H]2C)cc1Cl. The van der Waals surface area contributed by atoms with E-state index in [1.165, 1.54) is 0 Å². The smallest absolute Gasteiger partial charge is 0.262 e. The Bertz CT molecular complexity index is 2200. The van der Waals surface area contributed by atoms with Gasteiger partial charge in [-0.25, -0.2) is 4.85 Å². The Morgan fingerprint density at radius 3 is 2.14 bits per heavy atom. The summed E-state index contributed by atoms with van der Waals surface area (Å²) in [5.74, 6) is -1.96. The summed E-state index contributed by atoms with van der Waals surface area (Å²) in [6.45, 7) is 17.0. The maximum atomic E-state index is 13.6. The van der Waals surface area contributed by atoms with Gasteiger partial charge in [0.2, 0.25) is 17.5 Å². The molecule has 3 aromatic rings. The van der Waals surface area contributed by atoms with Gasteiger partial charge in [0.25, 0.3) is 17.7 Å². The summed E-state index contributed by atoms with van der Waals surface area (Å²) in [6.07, 6.45) is 3.55. The van der Waals surface area contributed by atoms with Crippen molar-refractivity contribution in [3.63, 3.8) is 0 Å². The molecule has 6 aliphatic rings. The van der Waals surface area contributed by atoms with Crippen LogP contribution in [-0.2, 0) is 9.59 Å². The number of imide groups is 2. The Hall–Kier alpha value is -5.45. The number of piperidine rings is 2. The number of hydrogen-bond donors (Lipinski definition) is 1. The second-order valence-corrected chi connectivity index (χ2v) is 16.7. The first-order valence-electron chi connectivity index (χ1n) is 20.0. The van der Waals surface area contributed by atoms with Gasteiger partial charge in [-0.15, -0.1) is 0 Å². The van der Waals surface area contributed by atoms with E-state index in [-0.39, 0.29) is 35.3 Å². The second kappa shape index (κ2) is 14.5. The first-order valence-corrected chi connectivity index (χ1v) is 20.3. The Kier molecular flexibility index (Phi) is 9.44. The van der Waals surface area contributed by atoms with E-state index in [0.29, 0.717) is 41.4 Å². The molecule has 1 N–H and O–H groups in total. The molecule has 0 aromatic heterocycles. The van der Waals surface area contributed by atoms with E-state index in [1.807, 2.05) is 41.3 Å². The van der Waals surface area contributed by atoms with Gasteiger partial charge in [-0.3, -0.25) is 39.1 Å². The maximum Gasteiger partial charge on any atom is 0.262 e. The molecule has 5 fully saturated rings. The molecule has 6 aliphatic heterocycles. The summed E-state index contributed by atoms with van der Waals surface area (Å²) in [5, 5.41) is 2.74. The Balaban J connectivity index is 0.742. The molecule has 294 valence electrons. The van der Waals surface area contributed by atoms with Crippen LogP contribution < -0.4 is 20.0 Å². The van der Waals surface area contributed by atoms with Gasteiger partial charge in [-0.2, -0.15) is 0 Å². The molecule has 0 bridgehead atoms. The van der Waals surface area contributed by atoms with Gasteiger partial charge >= 0.3 is 0 Å². The number of anilines is 3. The normalized spacial score (nSPS) is 23.8. The van der Waals surface area contributed by atoms with Crippen molar-refractivity contribution in [1.29, 1.82) is 0 Å². The molecule has 0 saturated carbocycles. The summed E-state index contributed by atoms with van der Waals surface area (Å²) in [4.78, 5) is 79.9. The van der Waals surface area contributed by atoms with Crippen molar-refractivity contribution in [1.82, 2.24) is 20.0 Å². The van der Waals surface area contributed by atoms with Gasteiger partial charge in [0.05, 0.1) is 17.7 Å². The number of carbonyl (C=O) groups is 5. The first-order chi connectivity index (χ1) is 27.5. The number of nitrogens with zero attached hydrogens (tertiary/aromatic N) is 7. The first kappa shape index (κ1) is 37.1. The van der Waals surface area contributed by atoms with Crippen molar-refractivity contribution < 1.29 is 24.0 Å². The van der Waals surface area contributed by atoms with Gasteiger partial charge in [-0.1, -0.05) is 17.7 Å². The van der Waals surface area contributed by atoms with Crippen LogP contribution in [-0.4, -0.2) is 121 Å². The molecule has 6 heterocycles. The number of rotatable bonds is 6. The number of benzene rings is 3. The molecule has 14 heteroatoms. The molecule has 5 saturated heterocycles. The van der Waals surface area contributed by atoms with E-state index >= 15 is 0 Å². The van der Waals surface area contributed by atoms with Crippen molar-refractivity contribution in [3.05, 3.63) is 93.8 Å². The van der Waals surface area contributed by atoms with Crippen LogP contribution in [0.15, 0.2) is 60.7 Å². The van der Waals surface area contributed by atoms with Gasteiger partial charge in [0.15, 0.2) is 0 Å². The van der Waals surface area contributed by atoms with E-state index in [0.717, 1.165) is 87.0 Å². The molecule has 5 amide bonds. The molecule has 0 aliphatic carbocycles. The minimum atomic E-state index is -0.983. The highest BCUT2D eigenvalue weighted by Gasteiger charge is 2.47. The molecule has 1 unspecified atom stereocenters. The number of carbonyl (C=O) groups excluding carboxylic acids is 5. The van der Waals surface area contributed by atoms with Gasteiger partial charge in [0.1, 0.15) is 6.04 Å². The van der Waals surface area contributed by atoms with Crippen LogP contribution in [0.4, 0.5) is 22.7 Å².